The number of esters is 1. The van der Waals surface area contributed by atoms with Crippen LogP contribution in [-0.4, -0.2) is 31.1 Å². The first-order valence-corrected chi connectivity index (χ1v) is 9.63. The lowest BCUT2D eigenvalue weighted by Crippen LogP contribution is -2.21. The Labute approximate surface area is 142 Å². The van der Waals surface area contributed by atoms with Crippen molar-refractivity contribution in [3.63, 3.8) is 0 Å². The molecule has 0 atom stereocenters. The van der Waals surface area contributed by atoms with Gasteiger partial charge in [-0.25, -0.2) is 0 Å². The fourth-order valence-electron chi connectivity index (χ4n) is 1.81. The Morgan fingerprint density at radius 1 is 0.917 bits per heavy atom. The van der Waals surface area contributed by atoms with Gasteiger partial charge in [0, 0.05) is 6.92 Å². The van der Waals surface area contributed by atoms with Crippen molar-refractivity contribution in [2.45, 2.75) is 83.6 Å². The predicted octanol–water partition coefficient (Wildman–Crippen LogP) is 4.86. The Hall–Kier alpha value is -0.830. The molecule has 0 fully saturated rings. The maximum Gasteiger partial charge on any atom is 0.522 e. The number of hydrogen-bond acceptors (Lipinski definition) is 4. The molecule has 0 aliphatic carbocycles. The highest BCUT2D eigenvalue weighted by molar-refractivity contribution is 7.86. The summed E-state index contributed by atoms with van der Waals surface area (Å²) in [5.74, 6) is -0.157. The molecule has 0 aromatic carbocycles. The van der Waals surface area contributed by atoms with Crippen LogP contribution in [0.2, 0.25) is 0 Å². The second-order valence-electron chi connectivity index (χ2n) is 5.44. The van der Waals surface area contributed by atoms with E-state index in [2.05, 4.69) is 6.92 Å². The standard InChI is InChI=1S/C14H28O2.CHF3O3S/c1-3-4-5-6-7-8-9-10-11-12-13-16-14(2)15;2-1(3,4)8(5,6)7/h3-13H2,1-2H3;(H,5,6,7). The van der Waals surface area contributed by atoms with Crippen LogP contribution in [0.1, 0.15) is 78.1 Å². The fourth-order valence-corrected chi connectivity index (χ4v) is 1.81. The van der Waals surface area contributed by atoms with Gasteiger partial charge in [-0.3, -0.25) is 9.35 Å². The smallest absolute Gasteiger partial charge is 0.466 e. The topological polar surface area (TPSA) is 80.7 Å². The van der Waals surface area contributed by atoms with Crippen molar-refractivity contribution in [1.29, 1.82) is 0 Å². The molecule has 0 unspecified atom stereocenters. The molecule has 0 radical (unpaired) electrons. The summed E-state index contributed by atoms with van der Waals surface area (Å²) in [7, 11) is -5.84. The zero-order valence-electron chi connectivity index (χ0n) is 14.4. The number of carbonyl (C=O) groups is 1. The first-order chi connectivity index (χ1) is 11.0. The number of unbranched alkanes of at least 4 members (excludes halogenated alkanes) is 9. The Bertz CT molecular complexity index is 408. The average Bonchev–Trinajstić information content (AvgIpc) is 2.43. The van der Waals surface area contributed by atoms with Crippen LogP contribution in [0.4, 0.5) is 13.2 Å². The summed E-state index contributed by atoms with van der Waals surface area (Å²) >= 11 is 0. The molecule has 0 heterocycles. The molecule has 9 heteroatoms. The molecule has 5 nitrogen and oxygen atoms in total. The summed E-state index contributed by atoms with van der Waals surface area (Å²) in [5.41, 5.74) is -5.53. The molecule has 0 saturated carbocycles. The van der Waals surface area contributed by atoms with Gasteiger partial charge in [0.1, 0.15) is 0 Å². The van der Waals surface area contributed by atoms with E-state index in [1.54, 1.807) is 0 Å². The Morgan fingerprint density at radius 3 is 1.54 bits per heavy atom. The van der Waals surface area contributed by atoms with Gasteiger partial charge in [0.25, 0.3) is 0 Å². The van der Waals surface area contributed by atoms with Crippen LogP contribution in [0.15, 0.2) is 0 Å². The van der Waals surface area contributed by atoms with E-state index in [1.807, 2.05) is 0 Å². The highest BCUT2D eigenvalue weighted by Crippen LogP contribution is 2.20. The minimum Gasteiger partial charge on any atom is -0.466 e. The monoisotopic (exact) mass is 378 g/mol. The van der Waals surface area contributed by atoms with E-state index in [1.165, 1.54) is 64.7 Å². The third-order valence-corrected chi connectivity index (χ3v) is 3.68. The van der Waals surface area contributed by atoms with Gasteiger partial charge in [0.2, 0.25) is 0 Å². The van der Waals surface area contributed by atoms with Crippen LogP contribution >= 0.6 is 0 Å². The molecule has 0 aromatic heterocycles. The van der Waals surface area contributed by atoms with Crippen molar-refractivity contribution in [3.8, 4) is 0 Å². The van der Waals surface area contributed by atoms with Gasteiger partial charge >= 0.3 is 21.6 Å². The molecule has 0 aliphatic rings. The molecular weight excluding hydrogens is 349 g/mol. The minimum absolute atomic E-state index is 0.157. The van der Waals surface area contributed by atoms with E-state index in [-0.39, 0.29) is 5.97 Å². The van der Waals surface area contributed by atoms with Gasteiger partial charge in [0.05, 0.1) is 6.61 Å². The average molecular weight is 378 g/mol. The normalized spacial score (nSPS) is 11.6. The maximum atomic E-state index is 10.7. The highest BCUT2D eigenvalue weighted by Gasteiger charge is 2.44. The van der Waals surface area contributed by atoms with Crippen molar-refractivity contribution >= 4 is 16.1 Å². The molecule has 146 valence electrons. The van der Waals surface area contributed by atoms with Crippen molar-refractivity contribution in [2.75, 3.05) is 6.61 Å². The molecule has 0 spiro atoms. The summed E-state index contributed by atoms with van der Waals surface area (Å²) in [6.07, 6.45) is 13.1. The lowest BCUT2D eigenvalue weighted by atomic mass is 10.1. The zero-order chi connectivity index (χ0) is 19.1. The first kappa shape index (κ1) is 25.4. The van der Waals surface area contributed by atoms with Crippen LogP contribution in [0.3, 0.4) is 0 Å². The van der Waals surface area contributed by atoms with Crippen LogP contribution < -0.4 is 0 Å². The number of ether oxygens (including phenoxy) is 1. The fraction of sp³-hybridized carbons (Fsp3) is 0.933. The van der Waals surface area contributed by atoms with Crippen molar-refractivity contribution in [3.05, 3.63) is 0 Å². The number of carbonyl (C=O) groups excluding carboxylic acids is 1. The Morgan fingerprint density at radius 2 is 1.25 bits per heavy atom. The Kier molecular flexibility index (Phi) is 15.4. The summed E-state index contributed by atoms with van der Waals surface area (Å²) in [4.78, 5) is 10.5. The summed E-state index contributed by atoms with van der Waals surface area (Å²) in [5, 5.41) is 0. The molecule has 24 heavy (non-hydrogen) atoms. The maximum absolute atomic E-state index is 10.7. The van der Waals surface area contributed by atoms with Gasteiger partial charge in [-0.15, -0.1) is 0 Å². The largest absolute Gasteiger partial charge is 0.522 e. The summed E-state index contributed by atoms with van der Waals surface area (Å²) in [6, 6.07) is 0. The molecule has 0 saturated heterocycles. The van der Waals surface area contributed by atoms with Gasteiger partial charge in [0.15, 0.2) is 0 Å². The quantitative estimate of drug-likeness (QED) is 0.240. The third-order valence-electron chi connectivity index (χ3n) is 3.10. The zero-order valence-corrected chi connectivity index (χ0v) is 15.2. The highest BCUT2D eigenvalue weighted by atomic mass is 32.2. The summed E-state index contributed by atoms with van der Waals surface area (Å²) < 4.78 is 62.4. The lowest BCUT2D eigenvalue weighted by Gasteiger charge is -2.02. The minimum atomic E-state index is -5.84. The van der Waals surface area contributed by atoms with Gasteiger partial charge < -0.3 is 4.74 Å². The molecule has 0 bridgehead atoms. The molecular formula is C15H29F3O5S. The van der Waals surface area contributed by atoms with Gasteiger partial charge in [-0.05, 0) is 6.42 Å². The summed E-state index contributed by atoms with van der Waals surface area (Å²) in [6.45, 7) is 4.32. The van der Waals surface area contributed by atoms with E-state index in [9.17, 15) is 18.0 Å². The number of rotatable bonds is 11. The SMILES string of the molecule is CCCCCCCCCCCCOC(C)=O.O=S(=O)(O)C(F)(F)F. The van der Waals surface area contributed by atoms with Crippen LogP contribution in [0, 0.1) is 0 Å². The van der Waals surface area contributed by atoms with E-state index in [0.29, 0.717) is 6.61 Å². The number of alkyl halides is 3. The third kappa shape index (κ3) is 19.2. The van der Waals surface area contributed by atoms with Crippen LogP contribution in [-0.2, 0) is 19.6 Å². The van der Waals surface area contributed by atoms with E-state index < -0.39 is 15.6 Å². The van der Waals surface area contributed by atoms with Crippen molar-refractivity contribution in [1.82, 2.24) is 0 Å². The van der Waals surface area contributed by atoms with Crippen molar-refractivity contribution < 1.29 is 35.7 Å². The second-order valence-corrected chi connectivity index (χ2v) is 6.86. The molecule has 0 aliphatic heterocycles. The Balaban J connectivity index is 0. The van der Waals surface area contributed by atoms with E-state index in [0.717, 1.165) is 6.42 Å². The van der Waals surface area contributed by atoms with Crippen LogP contribution in [0.25, 0.3) is 0 Å². The van der Waals surface area contributed by atoms with Gasteiger partial charge in [-0.2, -0.15) is 21.6 Å². The number of halogens is 3. The predicted molar refractivity (Wildman–Crippen MR) is 86.1 cm³/mol. The molecule has 0 amide bonds. The lowest BCUT2D eigenvalue weighted by molar-refractivity contribution is -0.141. The van der Waals surface area contributed by atoms with Crippen LogP contribution in [0.5, 0.6) is 0 Å². The molecule has 0 aromatic rings. The van der Waals surface area contributed by atoms with Crippen molar-refractivity contribution in [2.24, 2.45) is 0 Å². The second kappa shape index (κ2) is 14.5. The van der Waals surface area contributed by atoms with Gasteiger partial charge in [-0.1, -0.05) is 64.7 Å². The van der Waals surface area contributed by atoms with E-state index in [4.69, 9.17) is 17.7 Å². The molecule has 1 N–H and O–H groups in total. The number of hydrogen-bond donors (Lipinski definition) is 1. The molecule has 0 rings (SSSR count). The van der Waals surface area contributed by atoms with E-state index >= 15 is 0 Å². The first-order valence-electron chi connectivity index (χ1n) is 8.19.